The van der Waals surface area contributed by atoms with Crippen molar-refractivity contribution in [3.8, 4) is 11.1 Å². The first-order chi connectivity index (χ1) is 7.79. The van der Waals surface area contributed by atoms with Crippen molar-refractivity contribution in [3.05, 3.63) is 42.2 Å². The number of nitrogens with two attached hydrogens (primary N) is 1. The number of hydrogen-bond donors (Lipinski definition) is 2. The molecule has 1 aromatic carbocycles. The van der Waals surface area contributed by atoms with Crippen LogP contribution < -0.4 is 5.73 Å². The maximum absolute atomic E-state index is 5.96. The topological polar surface area (TPSA) is 54.7 Å². The van der Waals surface area contributed by atoms with E-state index in [9.17, 15) is 0 Å². The van der Waals surface area contributed by atoms with E-state index in [0.717, 1.165) is 18.4 Å². The zero-order chi connectivity index (χ0) is 11.4. The van der Waals surface area contributed by atoms with Gasteiger partial charge in [0.1, 0.15) is 0 Å². The molecule has 0 aliphatic carbocycles. The van der Waals surface area contributed by atoms with Crippen molar-refractivity contribution >= 4 is 0 Å². The summed E-state index contributed by atoms with van der Waals surface area (Å²) in [5.74, 6) is 0. The Morgan fingerprint density at radius 3 is 2.94 bits per heavy atom. The fourth-order valence-electron chi connectivity index (χ4n) is 1.73. The van der Waals surface area contributed by atoms with Crippen LogP contribution in [-0.2, 0) is 6.42 Å². The Bertz CT molecular complexity index is 434. The van der Waals surface area contributed by atoms with Crippen LogP contribution in [0.15, 0.2) is 36.7 Å². The highest BCUT2D eigenvalue weighted by Gasteiger charge is 2.03. The number of aromatic amines is 1. The first kappa shape index (κ1) is 10.9. The van der Waals surface area contributed by atoms with E-state index < -0.39 is 0 Å². The van der Waals surface area contributed by atoms with Crippen LogP contribution in [0.25, 0.3) is 11.1 Å². The lowest BCUT2D eigenvalue weighted by atomic mass is 10.0. The normalized spacial score (nSPS) is 12.6. The minimum Gasteiger partial charge on any atom is -0.327 e. The van der Waals surface area contributed by atoms with Crippen molar-refractivity contribution in [2.75, 3.05) is 0 Å². The number of nitrogens with one attached hydrogen (secondary N) is 1. The van der Waals surface area contributed by atoms with Crippen molar-refractivity contribution in [2.24, 2.45) is 5.73 Å². The minimum absolute atomic E-state index is 0.250. The van der Waals surface area contributed by atoms with Gasteiger partial charge in [0.15, 0.2) is 0 Å². The molecule has 3 N–H and O–H groups in total. The Kier molecular flexibility index (Phi) is 3.37. The van der Waals surface area contributed by atoms with Crippen LogP contribution in [0.3, 0.4) is 0 Å². The molecule has 2 rings (SSSR count). The molecule has 84 valence electrons. The highest BCUT2D eigenvalue weighted by Crippen LogP contribution is 2.19. The number of nitrogens with zero attached hydrogens (tertiary/aromatic N) is 1. The SMILES string of the molecule is CCC(N)Cc1cccc(-c2cn[nH]c2)c1. The summed E-state index contributed by atoms with van der Waals surface area (Å²) >= 11 is 0. The summed E-state index contributed by atoms with van der Waals surface area (Å²) in [6.07, 6.45) is 5.68. The summed E-state index contributed by atoms with van der Waals surface area (Å²) in [5, 5.41) is 6.78. The van der Waals surface area contributed by atoms with Gasteiger partial charge in [0.2, 0.25) is 0 Å². The molecule has 0 fully saturated rings. The van der Waals surface area contributed by atoms with Crippen molar-refractivity contribution < 1.29 is 0 Å². The van der Waals surface area contributed by atoms with E-state index in [1.807, 2.05) is 12.4 Å². The van der Waals surface area contributed by atoms with Gasteiger partial charge in [0, 0.05) is 17.8 Å². The summed E-state index contributed by atoms with van der Waals surface area (Å²) in [7, 11) is 0. The number of rotatable bonds is 4. The third-order valence-corrected chi connectivity index (χ3v) is 2.78. The molecule has 0 aliphatic rings. The lowest BCUT2D eigenvalue weighted by Crippen LogP contribution is -2.21. The molecule has 0 spiro atoms. The minimum atomic E-state index is 0.250. The molecule has 1 unspecified atom stereocenters. The quantitative estimate of drug-likeness (QED) is 0.822. The zero-order valence-corrected chi connectivity index (χ0v) is 9.48. The highest BCUT2D eigenvalue weighted by molar-refractivity contribution is 5.62. The van der Waals surface area contributed by atoms with Gasteiger partial charge in [-0.05, 0) is 24.0 Å². The van der Waals surface area contributed by atoms with Gasteiger partial charge in [0.05, 0.1) is 6.20 Å². The summed E-state index contributed by atoms with van der Waals surface area (Å²) in [4.78, 5) is 0. The van der Waals surface area contributed by atoms with Crippen molar-refractivity contribution in [2.45, 2.75) is 25.8 Å². The van der Waals surface area contributed by atoms with Crippen LogP contribution >= 0.6 is 0 Å². The molecule has 0 saturated heterocycles. The second-order valence-corrected chi connectivity index (χ2v) is 4.06. The van der Waals surface area contributed by atoms with E-state index in [1.165, 1.54) is 11.1 Å². The zero-order valence-electron chi connectivity index (χ0n) is 9.48. The van der Waals surface area contributed by atoms with E-state index in [0.29, 0.717) is 0 Å². The maximum atomic E-state index is 5.96. The second kappa shape index (κ2) is 4.94. The maximum Gasteiger partial charge on any atom is 0.0565 e. The molecule has 1 aromatic heterocycles. The molecular weight excluding hydrogens is 198 g/mol. The molecule has 1 heterocycles. The van der Waals surface area contributed by atoms with E-state index in [4.69, 9.17) is 5.73 Å². The molecule has 1 atom stereocenters. The van der Waals surface area contributed by atoms with E-state index in [-0.39, 0.29) is 6.04 Å². The van der Waals surface area contributed by atoms with Crippen LogP contribution in [-0.4, -0.2) is 16.2 Å². The molecule has 0 saturated carbocycles. The van der Waals surface area contributed by atoms with Gasteiger partial charge in [-0.25, -0.2) is 0 Å². The Hall–Kier alpha value is -1.61. The third-order valence-electron chi connectivity index (χ3n) is 2.78. The molecule has 0 bridgehead atoms. The summed E-state index contributed by atoms with van der Waals surface area (Å²) in [6, 6.07) is 8.71. The van der Waals surface area contributed by atoms with Gasteiger partial charge in [-0.15, -0.1) is 0 Å². The summed E-state index contributed by atoms with van der Waals surface area (Å²) in [5.41, 5.74) is 9.55. The molecule has 0 amide bonds. The average molecular weight is 215 g/mol. The Labute approximate surface area is 95.7 Å². The number of benzene rings is 1. The standard InChI is InChI=1S/C13H17N3/c1-2-13(14)7-10-4-3-5-11(6-10)12-8-15-16-9-12/h3-6,8-9,13H,2,7,14H2,1H3,(H,15,16). The van der Waals surface area contributed by atoms with Gasteiger partial charge < -0.3 is 5.73 Å². The fourth-order valence-corrected chi connectivity index (χ4v) is 1.73. The van der Waals surface area contributed by atoms with Crippen molar-refractivity contribution in [1.29, 1.82) is 0 Å². The molecular formula is C13H17N3. The van der Waals surface area contributed by atoms with Crippen molar-refractivity contribution in [3.63, 3.8) is 0 Å². The van der Waals surface area contributed by atoms with E-state index >= 15 is 0 Å². The number of hydrogen-bond acceptors (Lipinski definition) is 2. The van der Waals surface area contributed by atoms with Gasteiger partial charge in [-0.3, -0.25) is 5.10 Å². The van der Waals surface area contributed by atoms with Crippen LogP contribution in [0.5, 0.6) is 0 Å². The average Bonchev–Trinajstić information content (AvgIpc) is 2.83. The third kappa shape index (κ3) is 2.49. The first-order valence-electron chi connectivity index (χ1n) is 5.63. The van der Waals surface area contributed by atoms with E-state index in [2.05, 4.69) is 41.4 Å². The largest absolute Gasteiger partial charge is 0.327 e. The first-order valence-corrected chi connectivity index (χ1v) is 5.63. The van der Waals surface area contributed by atoms with Gasteiger partial charge in [0.25, 0.3) is 0 Å². The molecule has 0 radical (unpaired) electrons. The second-order valence-electron chi connectivity index (χ2n) is 4.06. The van der Waals surface area contributed by atoms with E-state index in [1.54, 1.807) is 0 Å². The van der Waals surface area contributed by atoms with Crippen LogP contribution in [0.1, 0.15) is 18.9 Å². The number of H-pyrrole nitrogens is 1. The van der Waals surface area contributed by atoms with Crippen LogP contribution in [0.4, 0.5) is 0 Å². The van der Waals surface area contributed by atoms with Crippen molar-refractivity contribution in [1.82, 2.24) is 10.2 Å². The summed E-state index contributed by atoms with van der Waals surface area (Å²) in [6.45, 7) is 2.12. The monoisotopic (exact) mass is 215 g/mol. The van der Waals surface area contributed by atoms with Gasteiger partial charge in [-0.1, -0.05) is 31.2 Å². The smallest absolute Gasteiger partial charge is 0.0565 e. The lowest BCUT2D eigenvalue weighted by Gasteiger charge is -2.09. The van der Waals surface area contributed by atoms with Gasteiger partial charge in [-0.2, -0.15) is 5.10 Å². The lowest BCUT2D eigenvalue weighted by molar-refractivity contribution is 0.646. The molecule has 3 heteroatoms. The Balaban J connectivity index is 2.20. The molecule has 0 aliphatic heterocycles. The Morgan fingerprint density at radius 2 is 2.25 bits per heavy atom. The molecule has 2 aromatic rings. The molecule has 3 nitrogen and oxygen atoms in total. The van der Waals surface area contributed by atoms with Crippen LogP contribution in [0, 0.1) is 0 Å². The fraction of sp³-hybridized carbons (Fsp3) is 0.308. The predicted octanol–water partition coefficient (Wildman–Crippen LogP) is 2.36. The predicted molar refractivity (Wildman–Crippen MR) is 66.0 cm³/mol. The number of aromatic nitrogens is 2. The molecule has 16 heavy (non-hydrogen) atoms. The van der Waals surface area contributed by atoms with Crippen LogP contribution in [0.2, 0.25) is 0 Å². The Morgan fingerprint density at radius 1 is 1.38 bits per heavy atom. The summed E-state index contributed by atoms with van der Waals surface area (Å²) < 4.78 is 0. The van der Waals surface area contributed by atoms with Gasteiger partial charge >= 0.3 is 0 Å². The highest BCUT2D eigenvalue weighted by atomic mass is 15.1.